The number of methoxy groups -OCH3 is 1. The summed E-state index contributed by atoms with van der Waals surface area (Å²) in [6.45, 7) is 0.111. The normalized spacial score (nSPS) is 11.5. The van der Waals surface area contributed by atoms with Crippen molar-refractivity contribution in [2.45, 2.75) is 6.54 Å². The summed E-state index contributed by atoms with van der Waals surface area (Å²) < 4.78 is 9.94. The van der Waals surface area contributed by atoms with E-state index in [1.807, 2.05) is 35.9 Å². The summed E-state index contributed by atoms with van der Waals surface area (Å²) in [6, 6.07) is 12.4. The van der Waals surface area contributed by atoms with Crippen LogP contribution in [0.15, 0.2) is 64.4 Å². The first-order valence-corrected chi connectivity index (χ1v) is 9.06. The third kappa shape index (κ3) is 2.60. The highest BCUT2D eigenvalue weighted by Crippen LogP contribution is 2.28. The molecule has 0 atom stereocenters. The highest BCUT2D eigenvalue weighted by atomic mass is 16.5. The molecule has 0 aliphatic carbocycles. The zero-order valence-corrected chi connectivity index (χ0v) is 15.9. The summed E-state index contributed by atoms with van der Waals surface area (Å²) in [4.78, 5) is 30.0. The zero-order chi connectivity index (χ0) is 20.1. The third-order valence-electron chi connectivity index (χ3n) is 5.15. The highest BCUT2D eigenvalue weighted by Gasteiger charge is 2.15. The van der Waals surface area contributed by atoms with Crippen molar-refractivity contribution in [3.05, 3.63) is 81.3 Å². The van der Waals surface area contributed by atoms with Gasteiger partial charge in [-0.2, -0.15) is 5.10 Å². The Morgan fingerprint density at radius 3 is 2.76 bits per heavy atom. The van der Waals surface area contributed by atoms with Crippen LogP contribution in [0.3, 0.4) is 0 Å². The molecule has 4 heterocycles. The van der Waals surface area contributed by atoms with Crippen molar-refractivity contribution in [2.75, 3.05) is 7.11 Å². The topological polar surface area (TPSA) is 83.4 Å². The number of hydrogen-bond donors (Lipinski definition) is 0. The van der Waals surface area contributed by atoms with Gasteiger partial charge >= 0.3 is 0 Å². The van der Waals surface area contributed by atoms with Crippen molar-refractivity contribution in [1.82, 2.24) is 23.7 Å². The maximum absolute atomic E-state index is 13.2. The van der Waals surface area contributed by atoms with E-state index in [0.29, 0.717) is 16.9 Å². The van der Waals surface area contributed by atoms with E-state index in [0.717, 1.165) is 22.0 Å². The Morgan fingerprint density at radius 1 is 1.07 bits per heavy atom. The Kier molecular flexibility index (Phi) is 3.73. The van der Waals surface area contributed by atoms with Crippen molar-refractivity contribution < 1.29 is 4.74 Å². The summed E-state index contributed by atoms with van der Waals surface area (Å²) in [5.41, 5.74) is 2.00. The Bertz CT molecular complexity index is 1530. The summed E-state index contributed by atoms with van der Waals surface area (Å²) in [7, 11) is 3.45. The van der Waals surface area contributed by atoms with Crippen LogP contribution in [0.2, 0.25) is 0 Å². The number of aryl methyl sites for hydroxylation is 1. The maximum Gasteiger partial charge on any atom is 0.291 e. The van der Waals surface area contributed by atoms with Crippen LogP contribution in [0.25, 0.3) is 27.5 Å². The minimum atomic E-state index is -0.241. The Labute approximate surface area is 164 Å². The second-order valence-electron chi connectivity index (χ2n) is 6.83. The summed E-state index contributed by atoms with van der Waals surface area (Å²) in [5.74, 6) is 0.720. The molecule has 5 rings (SSSR count). The minimum absolute atomic E-state index is 0.111. The van der Waals surface area contributed by atoms with Crippen LogP contribution in [0.5, 0.6) is 5.75 Å². The molecular weight excluding hydrogens is 370 g/mol. The van der Waals surface area contributed by atoms with E-state index in [1.165, 1.54) is 15.1 Å². The van der Waals surface area contributed by atoms with Crippen molar-refractivity contribution >= 4 is 27.5 Å². The zero-order valence-electron chi connectivity index (χ0n) is 15.9. The Hall–Kier alpha value is -3.94. The summed E-state index contributed by atoms with van der Waals surface area (Å²) in [5, 5.41) is 6.04. The molecule has 0 saturated carbocycles. The SMILES string of the molecule is COc1ccc2c3cnn(Cc4cc(=O)n5ccccc5n4)c(=O)c3n(C)c2c1. The van der Waals surface area contributed by atoms with Crippen molar-refractivity contribution in [3.63, 3.8) is 0 Å². The number of aromatic nitrogens is 5. The maximum atomic E-state index is 13.2. The number of nitrogens with zero attached hydrogens (tertiary/aromatic N) is 5. The first-order chi connectivity index (χ1) is 14.1. The minimum Gasteiger partial charge on any atom is -0.497 e. The van der Waals surface area contributed by atoms with Gasteiger partial charge in [0.15, 0.2) is 0 Å². The van der Waals surface area contributed by atoms with Crippen molar-refractivity contribution in [2.24, 2.45) is 7.05 Å². The molecule has 8 heteroatoms. The van der Waals surface area contributed by atoms with Crippen LogP contribution < -0.4 is 15.9 Å². The molecule has 0 bridgehead atoms. The fourth-order valence-electron chi connectivity index (χ4n) is 3.71. The molecule has 144 valence electrons. The van der Waals surface area contributed by atoms with Crippen LogP contribution >= 0.6 is 0 Å². The Balaban J connectivity index is 1.67. The first-order valence-electron chi connectivity index (χ1n) is 9.06. The number of pyridine rings is 1. The van der Waals surface area contributed by atoms with Crippen LogP contribution in [0.4, 0.5) is 0 Å². The van der Waals surface area contributed by atoms with Gasteiger partial charge in [-0.05, 0) is 24.3 Å². The van der Waals surface area contributed by atoms with E-state index in [-0.39, 0.29) is 17.7 Å². The Morgan fingerprint density at radius 2 is 1.93 bits per heavy atom. The quantitative estimate of drug-likeness (QED) is 0.473. The molecular formula is C21H17N5O3. The fourth-order valence-corrected chi connectivity index (χ4v) is 3.71. The monoisotopic (exact) mass is 387 g/mol. The van der Waals surface area contributed by atoms with Gasteiger partial charge in [-0.3, -0.25) is 14.0 Å². The van der Waals surface area contributed by atoms with Crippen LogP contribution in [0, 0.1) is 0 Å². The van der Waals surface area contributed by atoms with E-state index >= 15 is 0 Å². The number of fused-ring (bicyclic) bond motifs is 4. The van der Waals surface area contributed by atoms with Gasteiger partial charge in [0.1, 0.15) is 16.9 Å². The number of hydrogen-bond acceptors (Lipinski definition) is 5. The second-order valence-corrected chi connectivity index (χ2v) is 6.83. The van der Waals surface area contributed by atoms with Gasteiger partial charge in [-0.15, -0.1) is 0 Å². The van der Waals surface area contributed by atoms with Gasteiger partial charge in [0.05, 0.1) is 31.1 Å². The number of rotatable bonds is 3. The smallest absolute Gasteiger partial charge is 0.291 e. The van der Waals surface area contributed by atoms with Gasteiger partial charge in [0, 0.05) is 36.1 Å². The first kappa shape index (κ1) is 17.2. The molecule has 0 aliphatic rings. The molecule has 0 amide bonds. The molecule has 0 radical (unpaired) electrons. The van der Waals surface area contributed by atoms with Crippen LogP contribution in [0.1, 0.15) is 5.69 Å². The van der Waals surface area contributed by atoms with E-state index in [1.54, 1.807) is 31.6 Å². The van der Waals surface area contributed by atoms with Gasteiger partial charge < -0.3 is 9.30 Å². The van der Waals surface area contributed by atoms with E-state index in [2.05, 4.69) is 10.1 Å². The molecule has 0 saturated heterocycles. The third-order valence-corrected chi connectivity index (χ3v) is 5.15. The lowest BCUT2D eigenvalue weighted by atomic mass is 10.2. The second kappa shape index (κ2) is 6.30. The number of ether oxygens (including phenoxy) is 1. The highest BCUT2D eigenvalue weighted by molar-refractivity contribution is 6.07. The lowest BCUT2D eigenvalue weighted by Gasteiger charge is -2.06. The molecule has 0 aliphatic heterocycles. The van der Waals surface area contributed by atoms with E-state index in [9.17, 15) is 9.59 Å². The molecule has 5 aromatic rings. The molecule has 0 unspecified atom stereocenters. The average molecular weight is 387 g/mol. The molecule has 29 heavy (non-hydrogen) atoms. The van der Waals surface area contributed by atoms with Gasteiger partial charge in [-0.1, -0.05) is 6.07 Å². The van der Waals surface area contributed by atoms with Crippen molar-refractivity contribution in [3.8, 4) is 5.75 Å². The van der Waals surface area contributed by atoms with Crippen LogP contribution in [-0.4, -0.2) is 30.8 Å². The molecule has 0 N–H and O–H groups in total. The average Bonchev–Trinajstić information content (AvgIpc) is 3.02. The predicted molar refractivity (Wildman–Crippen MR) is 110 cm³/mol. The fraction of sp³-hybridized carbons (Fsp3) is 0.143. The predicted octanol–water partition coefficient (Wildman–Crippen LogP) is 1.95. The van der Waals surface area contributed by atoms with Gasteiger partial charge in [-0.25, -0.2) is 9.67 Å². The summed E-state index contributed by atoms with van der Waals surface area (Å²) >= 11 is 0. The van der Waals surface area contributed by atoms with Gasteiger partial charge in [0.25, 0.3) is 11.1 Å². The van der Waals surface area contributed by atoms with E-state index < -0.39 is 0 Å². The standard InChI is InChI=1S/C21H17N5O3/c1-24-17-10-14(29-2)6-7-15(17)16-11-22-26(21(28)20(16)24)12-13-9-19(27)25-8-4-3-5-18(25)23-13/h3-11H,12H2,1-2H3. The molecule has 1 aromatic carbocycles. The lowest BCUT2D eigenvalue weighted by Crippen LogP contribution is -2.26. The summed E-state index contributed by atoms with van der Waals surface area (Å²) in [6.07, 6.45) is 3.34. The van der Waals surface area contributed by atoms with E-state index in [4.69, 9.17) is 4.74 Å². The molecule has 4 aromatic heterocycles. The van der Waals surface area contributed by atoms with Crippen LogP contribution in [-0.2, 0) is 13.6 Å². The van der Waals surface area contributed by atoms with Gasteiger partial charge in [0.2, 0.25) is 0 Å². The van der Waals surface area contributed by atoms with Crippen molar-refractivity contribution in [1.29, 1.82) is 0 Å². The largest absolute Gasteiger partial charge is 0.497 e. The number of benzene rings is 1. The lowest BCUT2D eigenvalue weighted by molar-refractivity contribution is 0.415. The molecule has 0 fully saturated rings. The molecule has 0 spiro atoms. The molecule has 8 nitrogen and oxygen atoms in total.